The minimum Gasteiger partial charge on any atom is -0.481 e. The lowest BCUT2D eigenvalue weighted by Crippen LogP contribution is -2.38. The highest BCUT2D eigenvalue weighted by Gasteiger charge is 2.17. The van der Waals surface area contributed by atoms with Gasteiger partial charge in [0, 0.05) is 19.1 Å². The number of nitrogens with zero attached hydrogens (tertiary/aromatic N) is 2. The Balaban J connectivity index is 2.81. The van der Waals surface area contributed by atoms with Crippen LogP contribution in [0.3, 0.4) is 0 Å². The van der Waals surface area contributed by atoms with Gasteiger partial charge in [0.1, 0.15) is 0 Å². The molecule has 0 aliphatic heterocycles. The van der Waals surface area contributed by atoms with Gasteiger partial charge in [0.2, 0.25) is 0 Å². The molecular weight excluding hydrogens is 256 g/mol. The summed E-state index contributed by atoms with van der Waals surface area (Å²) in [6.07, 6.45) is 0.780. The fraction of sp³-hybridized carbons (Fsp3) is 0.467. The van der Waals surface area contributed by atoms with Crippen molar-refractivity contribution in [3.05, 3.63) is 35.4 Å². The number of carboxylic acid groups (broad SMARTS) is 1. The first-order chi connectivity index (χ1) is 9.60. The summed E-state index contributed by atoms with van der Waals surface area (Å²) in [6, 6.07) is 9.25. The van der Waals surface area contributed by atoms with Crippen molar-refractivity contribution in [2.45, 2.75) is 32.4 Å². The monoisotopic (exact) mass is 276 g/mol. The molecule has 1 aromatic carbocycles. The third-order valence-electron chi connectivity index (χ3n) is 3.25. The van der Waals surface area contributed by atoms with E-state index in [-0.39, 0.29) is 19.1 Å². The molecule has 0 aliphatic rings. The van der Waals surface area contributed by atoms with E-state index in [2.05, 4.69) is 6.07 Å². The smallest absolute Gasteiger partial charge is 0.304 e. The van der Waals surface area contributed by atoms with Gasteiger partial charge < -0.3 is 10.2 Å². The van der Waals surface area contributed by atoms with Crippen LogP contribution < -0.4 is 0 Å². The SMILES string of the molecule is CCC(CO)N(CCC(=O)O)Cc1cccc(C#N)c1. The van der Waals surface area contributed by atoms with Crippen LogP contribution in [0.1, 0.15) is 30.9 Å². The zero-order valence-electron chi connectivity index (χ0n) is 11.6. The Kier molecular flexibility index (Phi) is 6.71. The largest absolute Gasteiger partial charge is 0.481 e. The van der Waals surface area contributed by atoms with Crippen LogP contribution in [0.15, 0.2) is 24.3 Å². The Labute approximate surface area is 119 Å². The fourth-order valence-electron chi connectivity index (χ4n) is 2.11. The van der Waals surface area contributed by atoms with Crippen LogP contribution in [-0.2, 0) is 11.3 Å². The summed E-state index contributed by atoms with van der Waals surface area (Å²) >= 11 is 0. The number of aliphatic hydroxyl groups excluding tert-OH is 1. The van der Waals surface area contributed by atoms with Crippen molar-refractivity contribution in [1.29, 1.82) is 5.26 Å². The summed E-state index contributed by atoms with van der Waals surface area (Å²) in [5, 5.41) is 27.1. The Morgan fingerprint density at radius 2 is 2.25 bits per heavy atom. The number of aliphatic carboxylic acids is 1. The number of nitriles is 1. The number of carbonyl (C=O) groups is 1. The number of hydrogen-bond donors (Lipinski definition) is 2. The summed E-state index contributed by atoms with van der Waals surface area (Å²) in [5.41, 5.74) is 1.53. The molecule has 1 aromatic rings. The maximum absolute atomic E-state index is 10.7. The van der Waals surface area contributed by atoms with Gasteiger partial charge in [-0.2, -0.15) is 5.26 Å². The molecule has 0 spiro atoms. The van der Waals surface area contributed by atoms with Crippen LogP contribution in [0.25, 0.3) is 0 Å². The molecule has 0 fully saturated rings. The lowest BCUT2D eigenvalue weighted by molar-refractivity contribution is -0.137. The molecule has 5 heteroatoms. The van der Waals surface area contributed by atoms with Gasteiger partial charge in [-0.15, -0.1) is 0 Å². The minimum absolute atomic E-state index is 0.00589. The van der Waals surface area contributed by atoms with Gasteiger partial charge in [0.25, 0.3) is 0 Å². The normalized spacial score (nSPS) is 12.1. The Hall–Kier alpha value is -1.90. The highest BCUT2D eigenvalue weighted by Crippen LogP contribution is 2.13. The average Bonchev–Trinajstić information content (AvgIpc) is 2.45. The predicted octanol–water partition coefficient (Wildman–Crippen LogP) is 1.61. The third-order valence-corrected chi connectivity index (χ3v) is 3.25. The second kappa shape index (κ2) is 8.31. The minimum atomic E-state index is -0.853. The van der Waals surface area contributed by atoms with Crippen molar-refractivity contribution in [3.8, 4) is 6.07 Å². The van der Waals surface area contributed by atoms with E-state index in [1.54, 1.807) is 12.1 Å². The molecule has 0 aromatic heterocycles. The van der Waals surface area contributed by atoms with Crippen molar-refractivity contribution in [3.63, 3.8) is 0 Å². The second-order valence-electron chi connectivity index (χ2n) is 4.67. The summed E-state index contributed by atoms with van der Waals surface area (Å²) in [7, 11) is 0. The van der Waals surface area contributed by atoms with E-state index in [4.69, 9.17) is 10.4 Å². The van der Waals surface area contributed by atoms with E-state index >= 15 is 0 Å². The molecule has 0 bridgehead atoms. The number of hydrogen-bond acceptors (Lipinski definition) is 4. The molecule has 0 heterocycles. The molecule has 1 rings (SSSR count). The predicted molar refractivity (Wildman–Crippen MR) is 75.0 cm³/mol. The molecular formula is C15H20N2O3. The molecule has 2 N–H and O–H groups in total. The van der Waals surface area contributed by atoms with Gasteiger partial charge >= 0.3 is 5.97 Å². The Bertz CT molecular complexity index is 478. The van der Waals surface area contributed by atoms with E-state index in [0.29, 0.717) is 18.7 Å². The molecule has 20 heavy (non-hydrogen) atoms. The molecule has 5 nitrogen and oxygen atoms in total. The van der Waals surface area contributed by atoms with Gasteiger partial charge in [0.15, 0.2) is 0 Å². The summed E-state index contributed by atoms with van der Waals surface area (Å²) < 4.78 is 0. The quantitative estimate of drug-likeness (QED) is 0.753. The van der Waals surface area contributed by atoms with Crippen LogP contribution in [-0.4, -0.2) is 40.3 Å². The van der Waals surface area contributed by atoms with E-state index in [1.165, 1.54) is 0 Å². The average molecular weight is 276 g/mol. The lowest BCUT2D eigenvalue weighted by Gasteiger charge is -2.29. The third kappa shape index (κ3) is 5.00. The van der Waals surface area contributed by atoms with Crippen LogP contribution in [0.4, 0.5) is 0 Å². The summed E-state index contributed by atoms with van der Waals surface area (Å²) in [4.78, 5) is 12.7. The van der Waals surface area contributed by atoms with Crippen molar-refractivity contribution in [2.75, 3.05) is 13.2 Å². The topological polar surface area (TPSA) is 84.6 Å². The molecule has 0 aliphatic carbocycles. The molecule has 0 saturated heterocycles. The lowest BCUT2D eigenvalue weighted by atomic mass is 10.1. The van der Waals surface area contributed by atoms with E-state index in [1.807, 2.05) is 24.0 Å². The van der Waals surface area contributed by atoms with Crippen LogP contribution in [0, 0.1) is 11.3 Å². The van der Waals surface area contributed by atoms with E-state index in [9.17, 15) is 9.90 Å². The summed E-state index contributed by atoms with van der Waals surface area (Å²) in [5.74, 6) is -0.853. The molecule has 108 valence electrons. The van der Waals surface area contributed by atoms with Crippen LogP contribution >= 0.6 is 0 Å². The zero-order chi connectivity index (χ0) is 15.0. The van der Waals surface area contributed by atoms with Crippen LogP contribution in [0.2, 0.25) is 0 Å². The second-order valence-corrected chi connectivity index (χ2v) is 4.67. The summed E-state index contributed by atoms with van der Waals surface area (Å²) in [6.45, 7) is 2.86. The van der Waals surface area contributed by atoms with Gasteiger partial charge in [-0.1, -0.05) is 19.1 Å². The maximum atomic E-state index is 10.7. The van der Waals surface area contributed by atoms with E-state index < -0.39 is 5.97 Å². The molecule has 0 radical (unpaired) electrons. The van der Waals surface area contributed by atoms with Crippen molar-refractivity contribution in [2.24, 2.45) is 0 Å². The number of aliphatic hydroxyl groups is 1. The number of carboxylic acids is 1. The van der Waals surface area contributed by atoms with Gasteiger partial charge in [-0.3, -0.25) is 9.69 Å². The van der Waals surface area contributed by atoms with Gasteiger partial charge in [0.05, 0.1) is 24.7 Å². The maximum Gasteiger partial charge on any atom is 0.304 e. The zero-order valence-corrected chi connectivity index (χ0v) is 11.6. The number of benzene rings is 1. The first-order valence-corrected chi connectivity index (χ1v) is 6.66. The van der Waals surface area contributed by atoms with Gasteiger partial charge in [-0.25, -0.2) is 0 Å². The highest BCUT2D eigenvalue weighted by molar-refractivity contribution is 5.66. The molecule has 0 saturated carbocycles. The van der Waals surface area contributed by atoms with Crippen molar-refractivity contribution in [1.82, 2.24) is 4.90 Å². The Morgan fingerprint density at radius 3 is 2.80 bits per heavy atom. The molecule has 1 atom stereocenters. The molecule has 1 unspecified atom stereocenters. The van der Waals surface area contributed by atoms with Gasteiger partial charge in [-0.05, 0) is 24.1 Å². The fourth-order valence-corrected chi connectivity index (χ4v) is 2.11. The van der Waals surface area contributed by atoms with Crippen LogP contribution in [0.5, 0.6) is 0 Å². The van der Waals surface area contributed by atoms with Crippen molar-refractivity contribution >= 4 is 5.97 Å². The molecule has 0 amide bonds. The standard InChI is InChI=1S/C15H20N2O3/c1-2-14(11-18)17(7-6-15(19)20)10-13-5-3-4-12(8-13)9-16/h3-5,8,14,18H,2,6-7,10-11H2,1H3,(H,19,20). The number of rotatable bonds is 8. The van der Waals surface area contributed by atoms with Crippen molar-refractivity contribution < 1.29 is 15.0 Å². The van der Waals surface area contributed by atoms with E-state index in [0.717, 1.165) is 12.0 Å². The first kappa shape index (κ1) is 16.2. The highest BCUT2D eigenvalue weighted by atomic mass is 16.4. The Morgan fingerprint density at radius 1 is 1.50 bits per heavy atom. The first-order valence-electron chi connectivity index (χ1n) is 6.66.